The van der Waals surface area contributed by atoms with E-state index in [1.807, 2.05) is 0 Å². The molecule has 0 amide bonds. The predicted octanol–water partition coefficient (Wildman–Crippen LogP) is 1.73. The summed E-state index contributed by atoms with van der Waals surface area (Å²) < 4.78 is 17.7. The molecule has 1 aromatic heterocycles. The first kappa shape index (κ1) is 10.9. The van der Waals surface area contributed by atoms with Crippen LogP contribution in [-0.4, -0.2) is 18.6 Å². The molecule has 0 aliphatic heterocycles. The van der Waals surface area contributed by atoms with Gasteiger partial charge in [-0.3, -0.25) is 0 Å². The van der Waals surface area contributed by atoms with E-state index in [9.17, 15) is 4.39 Å². The predicted molar refractivity (Wildman–Crippen MR) is 52.7 cm³/mol. The van der Waals surface area contributed by atoms with E-state index in [4.69, 9.17) is 4.74 Å². The van der Waals surface area contributed by atoms with Gasteiger partial charge < -0.3 is 10.1 Å². The van der Waals surface area contributed by atoms with E-state index in [-0.39, 0.29) is 5.75 Å². The van der Waals surface area contributed by atoms with Crippen LogP contribution in [0, 0.1) is 5.95 Å². The Morgan fingerprint density at radius 3 is 3.00 bits per heavy atom. The van der Waals surface area contributed by atoms with Crippen LogP contribution in [-0.2, 0) is 6.54 Å². The van der Waals surface area contributed by atoms with Gasteiger partial charge in [-0.25, -0.2) is 4.98 Å². The molecule has 0 aliphatic carbocycles. The van der Waals surface area contributed by atoms with Gasteiger partial charge in [-0.2, -0.15) is 4.39 Å². The number of ether oxygens (including phenoxy) is 1. The molecule has 4 heteroatoms. The maximum Gasteiger partial charge on any atom is 0.255 e. The Morgan fingerprint density at radius 1 is 1.57 bits per heavy atom. The van der Waals surface area contributed by atoms with Gasteiger partial charge in [-0.15, -0.1) is 0 Å². The molecule has 0 unspecified atom stereocenters. The zero-order valence-electron chi connectivity index (χ0n) is 8.51. The minimum absolute atomic E-state index is 0.195. The van der Waals surface area contributed by atoms with Gasteiger partial charge in [0.25, 0.3) is 5.95 Å². The smallest absolute Gasteiger partial charge is 0.255 e. The van der Waals surface area contributed by atoms with Crippen molar-refractivity contribution >= 4 is 0 Å². The molecule has 0 bridgehead atoms. The summed E-state index contributed by atoms with van der Waals surface area (Å²) in [4.78, 5) is 3.60. The van der Waals surface area contributed by atoms with Gasteiger partial charge in [0, 0.05) is 12.7 Å². The highest BCUT2D eigenvalue weighted by Crippen LogP contribution is 2.15. The fourth-order valence-electron chi connectivity index (χ4n) is 1.12. The van der Waals surface area contributed by atoms with E-state index < -0.39 is 5.95 Å². The van der Waals surface area contributed by atoms with Crippen molar-refractivity contribution in [1.29, 1.82) is 0 Å². The summed E-state index contributed by atoms with van der Waals surface area (Å²) in [7, 11) is 1.43. The lowest BCUT2D eigenvalue weighted by molar-refractivity contribution is 0.376. The molecule has 14 heavy (non-hydrogen) atoms. The van der Waals surface area contributed by atoms with E-state index in [0.717, 1.165) is 18.5 Å². The van der Waals surface area contributed by atoms with Gasteiger partial charge in [0.1, 0.15) is 0 Å². The zero-order valence-corrected chi connectivity index (χ0v) is 8.51. The normalized spacial score (nSPS) is 10.2. The Bertz CT molecular complexity index is 291. The first-order valence-corrected chi connectivity index (χ1v) is 4.67. The summed E-state index contributed by atoms with van der Waals surface area (Å²) in [5, 5.41) is 3.20. The van der Waals surface area contributed by atoms with Crippen LogP contribution in [0.15, 0.2) is 12.3 Å². The maximum absolute atomic E-state index is 12.9. The SMILES string of the molecule is CCCNCc1cnc(F)c(OC)c1. The van der Waals surface area contributed by atoms with Crippen molar-refractivity contribution in [2.24, 2.45) is 0 Å². The number of aromatic nitrogens is 1. The second-order valence-electron chi connectivity index (χ2n) is 3.01. The van der Waals surface area contributed by atoms with Crippen LogP contribution < -0.4 is 10.1 Å². The number of halogens is 1. The first-order valence-electron chi connectivity index (χ1n) is 4.67. The molecule has 0 saturated heterocycles. The Hall–Kier alpha value is -1.16. The summed E-state index contributed by atoms with van der Waals surface area (Å²) in [6.45, 7) is 3.73. The van der Waals surface area contributed by atoms with Crippen LogP contribution in [0.25, 0.3) is 0 Å². The molecular weight excluding hydrogens is 183 g/mol. The van der Waals surface area contributed by atoms with Crippen molar-refractivity contribution < 1.29 is 9.13 Å². The van der Waals surface area contributed by atoms with Crippen LogP contribution in [0.2, 0.25) is 0 Å². The lowest BCUT2D eigenvalue weighted by Gasteiger charge is -2.05. The van der Waals surface area contributed by atoms with Crippen LogP contribution in [0.4, 0.5) is 4.39 Å². The van der Waals surface area contributed by atoms with Gasteiger partial charge in [-0.1, -0.05) is 6.92 Å². The van der Waals surface area contributed by atoms with E-state index in [2.05, 4.69) is 17.2 Å². The molecule has 0 fully saturated rings. The average Bonchev–Trinajstić information content (AvgIpc) is 2.21. The maximum atomic E-state index is 12.9. The standard InChI is InChI=1S/C10H15FN2O/c1-3-4-12-6-8-5-9(14-2)10(11)13-7-8/h5,7,12H,3-4,6H2,1-2H3. The van der Waals surface area contributed by atoms with Crippen molar-refractivity contribution in [1.82, 2.24) is 10.3 Å². The lowest BCUT2D eigenvalue weighted by Crippen LogP contribution is -2.14. The molecule has 1 rings (SSSR count). The van der Waals surface area contributed by atoms with Crippen LogP contribution >= 0.6 is 0 Å². The highest BCUT2D eigenvalue weighted by Gasteiger charge is 2.04. The molecule has 0 aliphatic rings. The average molecular weight is 198 g/mol. The molecule has 0 atom stereocenters. The Balaban J connectivity index is 2.60. The minimum atomic E-state index is -0.563. The summed E-state index contributed by atoms with van der Waals surface area (Å²) in [5.41, 5.74) is 0.928. The second kappa shape index (κ2) is 5.54. The van der Waals surface area contributed by atoms with Crippen molar-refractivity contribution in [2.45, 2.75) is 19.9 Å². The first-order chi connectivity index (χ1) is 6.77. The lowest BCUT2D eigenvalue weighted by atomic mass is 10.2. The monoisotopic (exact) mass is 198 g/mol. The number of hydrogen-bond acceptors (Lipinski definition) is 3. The number of rotatable bonds is 5. The largest absolute Gasteiger partial charge is 0.492 e. The molecule has 1 aromatic rings. The molecular formula is C10H15FN2O. The Kier molecular flexibility index (Phi) is 4.32. The molecule has 0 saturated carbocycles. The molecule has 0 aromatic carbocycles. The summed E-state index contributed by atoms with van der Waals surface area (Å²) in [6.07, 6.45) is 2.59. The van der Waals surface area contributed by atoms with Crippen LogP contribution in [0.1, 0.15) is 18.9 Å². The van der Waals surface area contributed by atoms with Gasteiger partial charge in [0.2, 0.25) is 0 Å². The molecule has 1 heterocycles. The molecule has 0 radical (unpaired) electrons. The molecule has 1 N–H and O–H groups in total. The van der Waals surface area contributed by atoms with Gasteiger partial charge in [-0.05, 0) is 24.6 Å². The third-order valence-electron chi connectivity index (χ3n) is 1.84. The zero-order chi connectivity index (χ0) is 10.4. The molecule has 78 valence electrons. The highest BCUT2D eigenvalue weighted by molar-refractivity contribution is 5.24. The number of nitrogens with one attached hydrogen (secondary N) is 1. The van der Waals surface area contributed by atoms with E-state index in [0.29, 0.717) is 6.54 Å². The third kappa shape index (κ3) is 2.96. The Morgan fingerprint density at radius 2 is 2.36 bits per heavy atom. The number of pyridine rings is 1. The summed E-state index contributed by atoms with van der Waals surface area (Å²) >= 11 is 0. The Labute approximate surface area is 83.3 Å². The molecule has 3 nitrogen and oxygen atoms in total. The van der Waals surface area contributed by atoms with Crippen molar-refractivity contribution in [3.63, 3.8) is 0 Å². The fourth-order valence-corrected chi connectivity index (χ4v) is 1.12. The number of nitrogens with zero attached hydrogens (tertiary/aromatic N) is 1. The van der Waals surface area contributed by atoms with Crippen LogP contribution in [0.3, 0.4) is 0 Å². The van der Waals surface area contributed by atoms with Gasteiger partial charge in [0.05, 0.1) is 7.11 Å². The van der Waals surface area contributed by atoms with Gasteiger partial charge in [0.15, 0.2) is 5.75 Å². The van der Waals surface area contributed by atoms with E-state index in [1.165, 1.54) is 13.3 Å². The topological polar surface area (TPSA) is 34.2 Å². The third-order valence-corrected chi connectivity index (χ3v) is 1.84. The highest BCUT2D eigenvalue weighted by atomic mass is 19.1. The summed E-state index contributed by atoms with van der Waals surface area (Å²) in [6, 6.07) is 1.66. The van der Waals surface area contributed by atoms with Gasteiger partial charge >= 0.3 is 0 Å². The van der Waals surface area contributed by atoms with E-state index in [1.54, 1.807) is 6.07 Å². The quantitative estimate of drug-likeness (QED) is 0.578. The van der Waals surface area contributed by atoms with E-state index >= 15 is 0 Å². The summed E-state index contributed by atoms with van der Waals surface area (Å²) in [5.74, 6) is -0.368. The van der Waals surface area contributed by atoms with Crippen molar-refractivity contribution in [3.8, 4) is 5.75 Å². The second-order valence-corrected chi connectivity index (χ2v) is 3.01. The fraction of sp³-hybridized carbons (Fsp3) is 0.500. The number of hydrogen-bond donors (Lipinski definition) is 1. The van der Waals surface area contributed by atoms with Crippen LogP contribution in [0.5, 0.6) is 5.75 Å². The number of methoxy groups -OCH3 is 1. The van der Waals surface area contributed by atoms with Crippen molar-refractivity contribution in [2.75, 3.05) is 13.7 Å². The molecule has 0 spiro atoms. The van der Waals surface area contributed by atoms with Crippen molar-refractivity contribution in [3.05, 3.63) is 23.8 Å². The minimum Gasteiger partial charge on any atom is -0.492 e.